The molecule has 1 unspecified atom stereocenters. The van der Waals surface area contributed by atoms with E-state index in [1.165, 1.54) is 18.1 Å². The largest absolute Gasteiger partial charge is 0.507 e. The fraction of sp³-hybridized carbons (Fsp3) is 0.154. The number of phenols is 1. The number of benzene rings is 3. The number of nitrogens with zero attached hydrogens (tertiary/aromatic N) is 1. The first-order valence-electron chi connectivity index (χ1n) is 10.2. The van der Waals surface area contributed by atoms with Crippen molar-refractivity contribution in [2.75, 3.05) is 12.0 Å². The number of ether oxygens (including phenoxy) is 1. The topological polar surface area (TPSA) is 87.1 Å². The van der Waals surface area contributed by atoms with Crippen molar-refractivity contribution in [3.05, 3.63) is 93.5 Å². The van der Waals surface area contributed by atoms with Crippen molar-refractivity contribution >= 4 is 34.7 Å². The number of hydrogen-bond acceptors (Lipinski definition) is 5. The van der Waals surface area contributed by atoms with E-state index in [-0.39, 0.29) is 22.8 Å². The fourth-order valence-electron chi connectivity index (χ4n) is 3.94. The number of ketones is 1. The number of carbonyl (C=O) groups excluding carboxylic acids is 2. The van der Waals surface area contributed by atoms with E-state index in [1.807, 2.05) is 19.9 Å². The summed E-state index contributed by atoms with van der Waals surface area (Å²) in [6.45, 7) is 3.84. The Balaban J connectivity index is 1.96. The van der Waals surface area contributed by atoms with Crippen LogP contribution in [0.1, 0.15) is 28.3 Å². The molecule has 0 spiro atoms. The molecule has 0 aromatic heterocycles. The zero-order valence-corrected chi connectivity index (χ0v) is 19.1. The van der Waals surface area contributed by atoms with Gasteiger partial charge in [0.15, 0.2) is 11.5 Å². The zero-order valence-electron chi connectivity index (χ0n) is 18.3. The van der Waals surface area contributed by atoms with Crippen LogP contribution in [-0.2, 0) is 9.59 Å². The van der Waals surface area contributed by atoms with E-state index < -0.39 is 17.7 Å². The van der Waals surface area contributed by atoms with Crippen LogP contribution in [0.3, 0.4) is 0 Å². The summed E-state index contributed by atoms with van der Waals surface area (Å²) in [6, 6.07) is 15.4. The molecule has 168 valence electrons. The molecule has 0 bridgehead atoms. The zero-order chi connectivity index (χ0) is 23.9. The van der Waals surface area contributed by atoms with Crippen molar-refractivity contribution in [2.24, 2.45) is 0 Å². The Morgan fingerprint density at radius 3 is 2.27 bits per heavy atom. The van der Waals surface area contributed by atoms with E-state index in [0.717, 1.165) is 11.1 Å². The van der Waals surface area contributed by atoms with Gasteiger partial charge in [0.2, 0.25) is 0 Å². The van der Waals surface area contributed by atoms with Crippen LogP contribution >= 0.6 is 11.6 Å². The summed E-state index contributed by atoms with van der Waals surface area (Å²) < 4.78 is 5.12. The molecule has 1 atom stereocenters. The maximum absolute atomic E-state index is 13.2. The van der Waals surface area contributed by atoms with Gasteiger partial charge in [-0.15, -0.1) is 0 Å². The lowest BCUT2D eigenvalue weighted by molar-refractivity contribution is -0.132. The molecule has 1 heterocycles. The SMILES string of the molecule is COc1ccc(C2/C(=C(/O)c3ccc(C)c(C)c3)C(=O)C(=O)N2c2ccc(Cl)cc2)cc1O. The molecule has 33 heavy (non-hydrogen) atoms. The molecule has 0 radical (unpaired) electrons. The molecule has 1 saturated heterocycles. The normalized spacial score (nSPS) is 17.5. The number of anilines is 1. The number of Topliss-reactive ketones (excluding diaryl/α,β-unsaturated/α-hetero) is 1. The van der Waals surface area contributed by atoms with Gasteiger partial charge in [-0.2, -0.15) is 0 Å². The Morgan fingerprint density at radius 2 is 1.67 bits per heavy atom. The second-order valence-electron chi connectivity index (χ2n) is 7.88. The van der Waals surface area contributed by atoms with Gasteiger partial charge in [-0.1, -0.05) is 29.8 Å². The number of aromatic hydroxyl groups is 1. The van der Waals surface area contributed by atoms with Crippen LogP contribution in [0, 0.1) is 13.8 Å². The van der Waals surface area contributed by atoms with Crippen molar-refractivity contribution in [1.82, 2.24) is 0 Å². The molecular formula is C26H22ClNO5. The molecule has 1 fully saturated rings. The Labute approximate surface area is 196 Å². The third kappa shape index (κ3) is 3.94. The summed E-state index contributed by atoms with van der Waals surface area (Å²) in [5.74, 6) is -1.79. The Hall–Kier alpha value is -3.77. The monoisotopic (exact) mass is 463 g/mol. The summed E-state index contributed by atoms with van der Waals surface area (Å²) in [7, 11) is 1.42. The average Bonchev–Trinajstić information content (AvgIpc) is 3.06. The van der Waals surface area contributed by atoms with Gasteiger partial charge in [-0.05, 0) is 73.0 Å². The number of carbonyl (C=O) groups is 2. The molecule has 0 saturated carbocycles. The molecule has 3 aromatic rings. The van der Waals surface area contributed by atoms with Crippen LogP contribution in [0.15, 0.2) is 66.2 Å². The minimum atomic E-state index is -0.968. The minimum absolute atomic E-state index is 0.0669. The lowest BCUT2D eigenvalue weighted by atomic mass is 9.94. The maximum Gasteiger partial charge on any atom is 0.300 e. The highest BCUT2D eigenvalue weighted by Crippen LogP contribution is 2.44. The van der Waals surface area contributed by atoms with Crippen LogP contribution < -0.4 is 9.64 Å². The van der Waals surface area contributed by atoms with Gasteiger partial charge < -0.3 is 14.9 Å². The summed E-state index contributed by atoms with van der Waals surface area (Å²) in [6.07, 6.45) is 0. The molecule has 3 aromatic carbocycles. The van der Waals surface area contributed by atoms with Gasteiger partial charge in [-0.3, -0.25) is 14.5 Å². The lowest BCUT2D eigenvalue weighted by Gasteiger charge is -2.26. The van der Waals surface area contributed by atoms with Crippen molar-refractivity contribution in [2.45, 2.75) is 19.9 Å². The smallest absolute Gasteiger partial charge is 0.300 e. The van der Waals surface area contributed by atoms with Crippen LogP contribution in [0.4, 0.5) is 5.69 Å². The Kier molecular flexibility index (Phi) is 5.87. The lowest BCUT2D eigenvalue weighted by Crippen LogP contribution is -2.29. The van der Waals surface area contributed by atoms with Gasteiger partial charge in [-0.25, -0.2) is 0 Å². The maximum atomic E-state index is 13.2. The summed E-state index contributed by atoms with van der Waals surface area (Å²) in [4.78, 5) is 27.7. The number of aliphatic hydroxyl groups is 1. The van der Waals surface area contributed by atoms with Gasteiger partial charge in [0.05, 0.1) is 18.7 Å². The highest BCUT2D eigenvalue weighted by Gasteiger charge is 2.47. The third-order valence-electron chi connectivity index (χ3n) is 5.85. The second kappa shape index (κ2) is 8.64. The molecule has 6 nitrogen and oxygen atoms in total. The van der Waals surface area contributed by atoms with Crippen LogP contribution in [0.5, 0.6) is 11.5 Å². The number of hydrogen-bond donors (Lipinski definition) is 2. The summed E-state index contributed by atoms with van der Waals surface area (Å²) in [5.41, 5.74) is 3.20. The minimum Gasteiger partial charge on any atom is -0.507 e. The van der Waals surface area contributed by atoms with E-state index in [1.54, 1.807) is 48.5 Å². The molecule has 0 aliphatic carbocycles. The van der Waals surface area contributed by atoms with Crippen molar-refractivity contribution in [3.63, 3.8) is 0 Å². The molecule has 1 aliphatic heterocycles. The Morgan fingerprint density at radius 1 is 0.970 bits per heavy atom. The highest BCUT2D eigenvalue weighted by molar-refractivity contribution is 6.51. The standard InChI is InChI=1S/C26H22ClNO5/c1-14-4-5-17(12-15(14)2)24(30)22-23(16-6-11-21(33-3)20(29)13-16)28(26(32)25(22)31)19-9-7-18(27)8-10-19/h4-13,23,29-30H,1-3H3/b24-22-. The van der Waals surface area contributed by atoms with E-state index in [4.69, 9.17) is 16.3 Å². The predicted octanol–water partition coefficient (Wildman–Crippen LogP) is 5.30. The van der Waals surface area contributed by atoms with E-state index in [9.17, 15) is 19.8 Å². The van der Waals surface area contributed by atoms with Gasteiger partial charge >= 0.3 is 0 Å². The van der Waals surface area contributed by atoms with Crippen molar-refractivity contribution < 1.29 is 24.5 Å². The fourth-order valence-corrected chi connectivity index (χ4v) is 4.06. The highest BCUT2D eigenvalue weighted by atomic mass is 35.5. The Bertz CT molecular complexity index is 1300. The number of phenolic OH excluding ortho intramolecular Hbond substituents is 1. The second-order valence-corrected chi connectivity index (χ2v) is 8.31. The number of aryl methyl sites for hydroxylation is 2. The molecule has 1 amide bonds. The number of amides is 1. The van der Waals surface area contributed by atoms with Crippen molar-refractivity contribution in [1.29, 1.82) is 0 Å². The average molecular weight is 464 g/mol. The summed E-state index contributed by atoms with van der Waals surface area (Å²) >= 11 is 6.01. The van der Waals surface area contributed by atoms with E-state index in [0.29, 0.717) is 21.8 Å². The molecular weight excluding hydrogens is 442 g/mol. The quantitative estimate of drug-likeness (QED) is 0.311. The number of halogens is 1. The van der Waals surface area contributed by atoms with E-state index in [2.05, 4.69) is 0 Å². The first-order valence-corrected chi connectivity index (χ1v) is 10.6. The van der Waals surface area contributed by atoms with Crippen LogP contribution in [0.25, 0.3) is 5.76 Å². The summed E-state index contributed by atoms with van der Waals surface area (Å²) in [5, 5.41) is 22.1. The van der Waals surface area contributed by atoms with Gasteiger partial charge in [0, 0.05) is 16.3 Å². The van der Waals surface area contributed by atoms with E-state index >= 15 is 0 Å². The number of aliphatic hydroxyl groups excluding tert-OH is 1. The molecule has 1 aliphatic rings. The van der Waals surface area contributed by atoms with Gasteiger partial charge in [0.25, 0.3) is 11.7 Å². The molecule has 7 heteroatoms. The first kappa shape index (κ1) is 22.4. The molecule has 2 N–H and O–H groups in total. The van der Waals surface area contributed by atoms with Crippen molar-refractivity contribution in [3.8, 4) is 11.5 Å². The third-order valence-corrected chi connectivity index (χ3v) is 6.10. The molecule has 4 rings (SSSR count). The van der Waals surface area contributed by atoms with Crippen LogP contribution in [0.2, 0.25) is 5.02 Å². The first-order chi connectivity index (χ1) is 15.7. The number of methoxy groups -OCH3 is 1. The predicted molar refractivity (Wildman–Crippen MR) is 127 cm³/mol. The number of rotatable bonds is 4. The van der Waals surface area contributed by atoms with Crippen LogP contribution in [-0.4, -0.2) is 29.0 Å². The van der Waals surface area contributed by atoms with Gasteiger partial charge in [0.1, 0.15) is 5.76 Å².